The molecule has 1 aromatic rings. The predicted molar refractivity (Wildman–Crippen MR) is 142 cm³/mol. The molecule has 8 nitrogen and oxygen atoms in total. The van der Waals surface area contributed by atoms with E-state index in [0.717, 1.165) is 26.1 Å². The van der Waals surface area contributed by atoms with Crippen molar-refractivity contribution in [2.24, 2.45) is 10.4 Å². The van der Waals surface area contributed by atoms with Crippen molar-refractivity contribution in [2.75, 3.05) is 19.6 Å². The molecule has 0 aromatic heterocycles. The van der Waals surface area contributed by atoms with Gasteiger partial charge in [0, 0.05) is 18.7 Å². The number of hydrogen-bond donors (Lipinski definition) is 2. The van der Waals surface area contributed by atoms with Crippen molar-refractivity contribution in [3.8, 4) is 6.07 Å². The van der Waals surface area contributed by atoms with Gasteiger partial charge in [0.2, 0.25) is 5.91 Å². The molecule has 2 N–H and O–H groups in total. The molecule has 1 amide bonds. The number of carbonyl (C=O) groups is 1. The lowest BCUT2D eigenvalue weighted by atomic mass is 9.88. The first kappa shape index (κ1) is 30.6. The Morgan fingerprint density at radius 2 is 1.77 bits per heavy atom. The number of nitrogens with one attached hydrogen (secondary N) is 2. The second-order valence-electron chi connectivity index (χ2n) is 10.3. The van der Waals surface area contributed by atoms with E-state index in [9.17, 15) is 18.5 Å². The van der Waals surface area contributed by atoms with Crippen molar-refractivity contribution in [2.45, 2.75) is 91.1 Å². The van der Waals surface area contributed by atoms with E-state index in [-0.39, 0.29) is 16.6 Å². The maximum atomic E-state index is 12.7. The summed E-state index contributed by atoms with van der Waals surface area (Å²) in [5, 5.41) is 12.5. The van der Waals surface area contributed by atoms with Gasteiger partial charge in [-0.1, -0.05) is 60.6 Å². The van der Waals surface area contributed by atoms with Gasteiger partial charge in [0.05, 0.1) is 11.0 Å². The normalized spacial score (nSPS) is 20.0. The molecule has 0 radical (unpaired) electrons. The first-order valence-electron chi connectivity index (χ1n) is 12.5. The minimum atomic E-state index is -3.65. The van der Waals surface area contributed by atoms with E-state index in [2.05, 4.69) is 60.6 Å². The fraction of sp³-hybridized carbons (Fsp3) is 0.654. The molecule has 3 rings (SSSR count). The summed E-state index contributed by atoms with van der Waals surface area (Å²) in [5.74, 6) is -0.233. The summed E-state index contributed by atoms with van der Waals surface area (Å²) >= 11 is 0. The van der Waals surface area contributed by atoms with Gasteiger partial charge >= 0.3 is 0 Å². The van der Waals surface area contributed by atoms with Gasteiger partial charge in [0.25, 0.3) is 10.0 Å². The highest BCUT2D eigenvalue weighted by atomic mass is 32.2. The molecule has 0 spiro atoms. The molecule has 1 fully saturated rings. The number of nitriles is 1. The number of amidine groups is 1. The van der Waals surface area contributed by atoms with Crippen LogP contribution in [0.1, 0.15) is 80.2 Å². The van der Waals surface area contributed by atoms with E-state index >= 15 is 0 Å². The molecule has 2 aliphatic rings. The summed E-state index contributed by atoms with van der Waals surface area (Å²) < 4.78 is 26.7. The molecule has 1 aromatic carbocycles. The SMILES string of the molecule is CC.CC(C)(C)C.CCCN1CCC(C#N)(NC(=O)C(C)N=C2NS(=O)(=O)c3ccccc32)CC1. The zero-order chi connectivity index (χ0) is 26.9. The Morgan fingerprint density at radius 1 is 1.23 bits per heavy atom. The predicted octanol–water partition coefficient (Wildman–Crippen LogP) is 4.08. The molecule has 0 saturated carbocycles. The van der Waals surface area contributed by atoms with E-state index in [1.54, 1.807) is 25.1 Å². The van der Waals surface area contributed by atoms with Crippen LogP contribution in [0.3, 0.4) is 0 Å². The molecule has 0 bridgehead atoms. The fourth-order valence-corrected chi connectivity index (χ4v) is 4.80. The fourth-order valence-electron chi connectivity index (χ4n) is 3.56. The number of fused-ring (bicyclic) bond motifs is 1. The highest BCUT2D eigenvalue weighted by Crippen LogP contribution is 2.24. The van der Waals surface area contributed by atoms with Gasteiger partial charge in [-0.3, -0.25) is 14.5 Å². The molecular weight excluding hydrogens is 462 g/mol. The van der Waals surface area contributed by atoms with Crippen LogP contribution in [0.4, 0.5) is 0 Å². The van der Waals surface area contributed by atoms with E-state index in [1.165, 1.54) is 6.07 Å². The van der Waals surface area contributed by atoms with Crippen LogP contribution in [-0.4, -0.2) is 56.3 Å². The van der Waals surface area contributed by atoms with Gasteiger partial charge in [0.15, 0.2) is 0 Å². The van der Waals surface area contributed by atoms with Crippen molar-refractivity contribution in [3.63, 3.8) is 0 Å². The molecule has 1 atom stereocenters. The average molecular weight is 506 g/mol. The third-order valence-electron chi connectivity index (χ3n) is 5.19. The number of aliphatic imine (C=N–C) groups is 1. The summed E-state index contributed by atoms with van der Waals surface area (Å²) in [4.78, 5) is 19.4. The van der Waals surface area contributed by atoms with Crippen LogP contribution in [0, 0.1) is 16.7 Å². The molecule has 35 heavy (non-hydrogen) atoms. The van der Waals surface area contributed by atoms with Crippen LogP contribution in [-0.2, 0) is 14.8 Å². The van der Waals surface area contributed by atoms with Gasteiger partial charge in [-0.15, -0.1) is 0 Å². The molecule has 1 unspecified atom stereocenters. The third-order valence-corrected chi connectivity index (χ3v) is 6.59. The Hall–Kier alpha value is -2.44. The summed E-state index contributed by atoms with van der Waals surface area (Å²) in [5.41, 5.74) is 0.0492. The topological polar surface area (TPSA) is 115 Å². The number of carbonyl (C=O) groups excluding carboxylic acids is 1. The van der Waals surface area contributed by atoms with Gasteiger partial charge < -0.3 is 10.2 Å². The minimum Gasteiger partial charge on any atom is -0.336 e. The number of rotatable bonds is 5. The van der Waals surface area contributed by atoms with Crippen molar-refractivity contribution in [3.05, 3.63) is 29.8 Å². The summed E-state index contributed by atoms with van der Waals surface area (Å²) in [7, 11) is -3.65. The van der Waals surface area contributed by atoms with Crippen LogP contribution in [0.2, 0.25) is 0 Å². The van der Waals surface area contributed by atoms with Gasteiger partial charge in [0.1, 0.15) is 17.4 Å². The number of likely N-dealkylation sites (tertiary alicyclic amines) is 1. The minimum absolute atomic E-state index is 0.151. The van der Waals surface area contributed by atoms with Gasteiger partial charge in [-0.2, -0.15) is 5.26 Å². The highest BCUT2D eigenvalue weighted by molar-refractivity contribution is 7.90. The Balaban J connectivity index is 0.000000779. The zero-order valence-electron chi connectivity index (χ0n) is 22.6. The summed E-state index contributed by atoms with van der Waals surface area (Å²) in [6.45, 7) is 19.0. The molecule has 2 aliphatic heterocycles. The summed E-state index contributed by atoms with van der Waals surface area (Å²) in [6.07, 6.45) is 2.18. The van der Waals surface area contributed by atoms with Crippen molar-refractivity contribution >= 4 is 21.8 Å². The van der Waals surface area contributed by atoms with Crippen LogP contribution in [0.15, 0.2) is 34.2 Å². The number of sulfonamides is 1. The Bertz CT molecular complexity index is 1010. The molecular formula is C26H43N5O3S. The summed E-state index contributed by atoms with van der Waals surface area (Å²) in [6, 6.07) is 7.94. The van der Waals surface area contributed by atoms with E-state index in [1.807, 2.05) is 13.8 Å². The smallest absolute Gasteiger partial charge is 0.263 e. The highest BCUT2D eigenvalue weighted by Gasteiger charge is 2.37. The monoisotopic (exact) mass is 505 g/mol. The lowest BCUT2D eigenvalue weighted by molar-refractivity contribution is -0.123. The van der Waals surface area contributed by atoms with E-state index in [4.69, 9.17) is 0 Å². The number of nitrogens with zero attached hydrogens (tertiary/aromatic N) is 3. The quantitative estimate of drug-likeness (QED) is 0.626. The molecule has 1 saturated heterocycles. The lowest BCUT2D eigenvalue weighted by Crippen LogP contribution is -2.56. The van der Waals surface area contributed by atoms with Crippen molar-refractivity contribution in [1.82, 2.24) is 14.9 Å². The maximum Gasteiger partial charge on any atom is 0.263 e. The molecule has 196 valence electrons. The van der Waals surface area contributed by atoms with E-state index < -0.39 is 21.6 Å². The van der Waals surface area contributed by atoms with Crippen molar-refractivity contribution in [1.29, 1.82) is 5.26 Å². The van der Waals surface area contributed by atoms with Crippen LogP contribution >= 0.6 is 0 Å². The van der Waals surface area contributed by atoms with Gasteiger partial charge in [-0.05, 0) is 50.3 Å². The largest absolute Gasteiger partial charge is 0.336 e. The molecule has 9 heteroatoms. The van der Waals surface area contributed by atoms with Gasteiger partial charge in [-0.25, -0.2) is 8.42 Å². The Labute approximate surface area is 212 Å². The lowest BCUT2D eigenvalue weighted by Gasteiger charge is -2.37. The first-order chi connectivity index (χ1) is 16.3. The van der Waals surface area contributed by atoms with Crippen LogP contribution in [0.5, 0.6) is 0 Å². The Morgan fingerprint density at radius 3 is 2.29 bits per heavy atom. The number of benzene rings is 1. The second kappa shape index (κ2) is 13.0. The van der Waals surface area contributed by atoms with E-state index in [0.29, 0.717) is 23.8 Å². The average Bonchev–Trinajstić information content (AvgIpc) is 3.05. The number of piperidine rings is 1. The first-order valence-corrected chi connectivity index (χ1v) is 13.9. The van der Waals surface area contributed by atoms with Crippen LogP contribution < -0.4 is 10.0 Å². The molecule has 0 aliphatic carbocycles. The second-order valence-corrected chi connectivity index (χ2v) is 11.9. The maximum absolute atomic E-state index is 12.7. The van der Waals surface area contributed by atoms with Crippen molar-refractivity contribution < 1.29 is 13.2 Å². The number of amides is 1. The standard InChI is InChI=1S/C19H25N5O3S.C5H12.C2H6/c1-3-10-24-11-8-19(13-20,9-12-24)22-18(25)14(2)21-17-15-6-4-5-7-16(15)28(26,27)23-17;1-5(2,3)4;1-2/h4-7,14H,3,8-12H2,1-2H3,(H,21,23)(H,22,25);1-4H3;1-2H3. The van der Waals surface area contributed by atoms with Crippen LogP contribution in [0.25, 0.3) is 0 Å². The number of hydrogen-bond acceptors (Lipinski definition) is 6. The molecule has 2 heterocycles. The zero-order valence-corrected chi connectivity index (χ0v) is 23.4. The Kier molecular flexibility index (Phi) is 11.4. The third kappa shape index (κ3) is 9.26.